The van der Waals surface area contributed by atoms with Gasteiger partial charge in [-0.05, 0) is 67.3 Å². The number of Topliss-reactive ketones (excluding diaryl/α,β-unsaturated/α-hetero) is 1. The summed E-state index contributed by atoms with van der Waals surface area (Å²) in [6, 6.07) is 0. The lowest BCUT2D eigenvalue weighted by atomic mass is 9.44. The Balaban J connectivity index is 1.77. The van der Waals surface area contributed by atoms with Gasteiger partial charge in [-0.1, -0.05) is 26.3 Å². The van der Waals surface area contributed by atoms with Crippen molar-refractivity contribution in [1.82, 2.24) is 0 Å². The number of ketones is 2. The van der Waals surface area contributed by atoms with Gasteiger partial charge in [0.15, 0.2) is 11.6 Å². The van der Waals surface area contributed by atoms with Crippen LogP contribution in [0.1, 0.15) is 59.3 Å². The van der Waals surface area contributed by atoms with E-state index < -0.39 is 29.5 Å². The zero-order valence-corrected chi connectivity index (χ0v) is 16.6. The Bertz CT molecular complexity index is 713. The van der Waals surface area contributed by atoms with Crippen LogP contribution in [-0.4, -0.2) is 45.2 Å². The Morgan fingerprint density at radius 3 is 2.67 bits per heavy atom. The number of aliphatic hydroxyl groups is 3. The summed E-state index contributed by atoms with van der Waals surface area (Å²) in [5.74, 6) is 0.341. The summed E-state index contributed by atoms with van der Waals surface area (Å²) in [5, 5.41) is 31.9. The summed E-state index contributed by atoms with van der Waals surface area (Å²) < 4.78 is 0. The van der Waals surface area contributed by atoms with Gasteiger partial charge in [-0.3, -0.25) is 9.59 Å². The predicted molar refractivity (Wildman–Crippen MR) is 99.7 cm³/mol. The molecular formula is C22H32O5. The standard InChI is InChI=1S/C22H32O5/c1-12-8-14-15-5-7-22(27,18(26)11-23)21(15,3)10-17(25)19(14)20(2)6-4-13(24)9-16(12)20/h9,12,14-15,17,19,23,25,27H,4-8,10-11H2,1-3H3/t12-,14-,15-,17?,19+,20-,21-,22-/m0/s1. The number of rotatable bonds is 2. The maximum Gasteiger partial charge on any atom is 0.190 e. The first-order valence-electron chi connectivity index (χ1n) is 10.4. The van der Waals surface area contributed by atoms with Gasteiger partial charge in [0.1, 0.15) is 12.2 Å². The molecule has 3 fully saturated rings. The second-order valence-electron chi connectivity index (χ2n) is 10.1. The molecule has 4 aliphatic rings. The molecule has 0 aromatic carbocycles. The van der Waals surface area contributed by atoms with Crippen molar-refractivity contribution in [1.29, 1.82) is 0 Å². The highest BCUT2D eigenvalue weighted by atomic mass is 16.3. The lowest BCUT2D eigenvalue weighted by Crippen LogP contribution is -2.62. The van der Waals surface area contributed by atoms with E-state index in [2.05, 4.69) is 13.8 Å². The first-order chi connectivity index (χ1) is 12.6. The van der Waals surface area contributed by atoms with Crippen molar-refractivity contribution in [2.24, 2.45) is 34.5 Å². The molecule has 5 heteroatoms. The van der Waals surface area contributed by atoms with Crippen LogP contribution in [-0.2, 0) is 9.59 Å². The molecular weight excluding hydrogens is 344 g/mol. The molecule has 150 valence electrons. The normalized spacial score (nSPS) is 51.9. The summed E-state index contributed by atoms with van der Waals surface area (Å²) in [4.78, 5) is 24.5. The van der Waals surface area contributed by atoms with Gasteiger partial charge < -0.3 is 15.3 Å². The van der Waals surface area contributed by atoms with E-state index in [0.717, 1.165) is 19.3 Å². The van der Waals surface area contributed by atoms with Gasteiger partial charge in [-0.2, -0.15) is 0 Å². The highest BCUT2D eigenvalue weighted by Crippen LogP contribution is 2.68. The van der Waals surface area contributed by atoms with Crippen LogP contribution in [0.3, 0.4) is 0 Å². The van der Waals surface area contributed by atoms with Crippen molar-refractivity contribution >= 4 is 11.6 Å². The summed E-state index contributed by atoms with van der Waals surface area (Å²) >= 11 is 0. The molecule has 0 heterocycles. The Hall–Kier alpha value is -1.04. The first-order valence-corrected chi connectivity index (χ1v) is 10.4. The van der Waals surface area contributed by atoms with Crippen LogP contribution in [0.5, 0.6) is 0 Å². The van der Waals surface area contributed by atoms with Crippen molar-refractivity contribution in [3.63, 3.8) is 0 Å². The van der Waals surface area contributed by atoms with Crippen molar-refractivity contribution < 1.29 is 24.9 Å². The van der Waals surface area contributed by atoms with Crippen LogP contribution in [0.15, 0.2) is 11.6 Å². The fourth-order valence-corrected chi connectivity index (χ4v) is 7.71. The Morgan fingerprint density at radius 2 is 2.00 bits per heavy atom. The Kier molecular flexibility index (Phi) is 4.27. The van der Waals surface area contributed by atoms with Crippen LogP contribution in [0.2, 0.25) is 0 Å². The third-order valence-corrected chi connectivity index (χ3v) is 8.97. The van der Waals surface area contributed by atoms with Crippen LogP contribution in [0, 0.1) is 34.5 Å². The minimum atomic E-state index is -1.55. The summed E-state index contributed by atoms with van der Waals surface area (Å²) in [5.41, 5.74) is -1.28. The monoisotopic (exact) mass is 376 g/mol. The van der Waals surface area contributed by atoms with Crippen molar-refractivity contribution in [2.75, 3.05) is 6.61 Å². The van der Waals surface area contributed by atoms with Gasteiger partial charge in [-0.15, -0.1) is 0 Å². The van der Waals surface area contributed by atoms with Gasteiger partial charge in [0.2, 0.25) is 0 Å². The smallest absolute Gasteiger partial charge is 0.190 e. The second kappa shape index (κ2) is 5.98. The maximum atomic E-state index is 12.4. The van der Waals surface area contributed by atoms with E-state index in [1.165, 1.54) is 5.57 Å². The fourth-order valence-electron chi connectivity index (χ4n) is 7.71. The van der Waals surface area contributed by atoms with E-state index >= 15 is 0 Å². The van der Waals surface area contributed by atoms with E-state index in [4.69, 9.17) is 0 Å². The van der Waals surface area contributed by atoms with Crippen molar-refractivity contribution in [3.8, 4) is 0 Å². The van der Waals surface area contributed by atoms with Gasteiger partial charge >= 0.3 is 0 Å². The molecule has 3 saturated carbocycles. The Labute approximate surface area is 160 Å². The lowest BCUT2D eigenvalue weighted by Gasteiger charge is -2.61. The highest BCUT2D eigenvalue weighted by molar-refractivity contribution is 5.92. The second-order valence-corrected chi connectivity index (χ2v) is 10.1. The van der Waals surface area contributed by atoms with Crippen LogP contribution in [0.4, 0.5) is 0 Å². The molecule has 8 atom stereocenters. The number of aliphatic hydroxyl groups excluding tert-OH is 2. The molecule has 27 heavy (non-hydrogen) atoms. The molecule has 4 aliphatic carbocycles. The maximum absolute atomic E-state index is 12.4. The third-order valence-electron chi connectivity index (χ3n) is 8.97. The SMILES string of the molecule is C[C@H]1C[C@@H]2[C@H](C(O)C[C@@]3(C)[C@H]2CC[C@]3(O)C(=O)CO)[C@@]2(C)CCC(=O)C=C12. The van der Waals surface area contributed by atoms with Gasteiger partial charge in [0.25, 0.3) is 0 Å². The number of hydrogen-bond donors (Lipinski definition) is 3. The molecule has 1 unspecified atom stereocenters. The van der Waals surface area contributed by atoms with Gasteiger partial charge in [0.05, 0.1) is 6.10 Å². The van der Waals surface area contributed by atoms with Crippen LogP contribution < -0.4 is 0 Å². The summed E-state index contributed by atoms with van der Waals surface area (Å²) in [6.45, 7) is 5.63. The number of allylic oxidation sites excluding steroid dienone is 1. The van der Waals surface area contributed by atoms with E-state index in [9.17, 15) is 24.9 Å². The molecule has 5 nitrogen and oxygen atoms in total. The number of hydrogen-bond acceptors (Lipinski definition) is 5. The summed E-state index contributed by atoms with van der Waals surface area (Å²) in [6.07, 6.45) is 4.84. The van der Waals surface area contributed by atoms with E-state index in [1.54, 1.807) is 0 Å². The topological polar surface area (TPSA) is 94.8 Å². The van der Waals surface area contributed by atoms with Crippen LogP contribution >= 0.6 is 0 Å². The van der Waals surface area contributed by atoms with Crippen molar-refractivity contribution in [3.05, 3.63) is 11.6 Å². The average molecular weight is 376 g/mol. The molecule has 0 amide bonds. The third kappa shape index (κ3) is 2.34. The van der Waals surface area contributed by atoms with Gasteiger partial charge in [0, 0.05) is 11.8 Å². The number of fused-ring (bicyclic) bond motifs is 5. The highest BCUT2D eigenvalue weighted by Gasteiger charge is 2.68. The van der Waals surface area contributed by atoms with E-state index in [1.807, 2.05) is 13.0 Å². The van der Waals surface area contributed by atoms with Crippen molar-refractivity contribution in [2.45, 2.75) is 71.0 Å². The molecule has 0 radical (unpaired) electrons. The molecule has 0 saturated heterocycles. The fraction of sp³-hybridized carbons (Fsp3) is 0.818. The zero-order valence-electron chi connectivity index (χ0n) is 16.6. The first kappa shape index (κ1) is 19.3. The minimum Gasteiger partial charge on any atom is -0.393 e. The largest absolute Gasteiger partial charge is 0.393 e. The van der Waals surface area contributed by atoms with E-state index in [-0.39, 0.29) is 34.9 Å². The number of carbonyl (C=O) groups excluding carboxylic acids is 2. The quantitative estimate of drug-likeness (QED) is 0.685. The van der Waals surface area contributed by atoms with Crippen LogP contribution in [0.25, 0.3) is 0 Å². The van der Waals surface area contributed by atoms with E-state index in [0.29, 0.717) is 19.3 Å². The average Bonchev–Trinajstić information content (AvgIpc) is 2.87. The molecule has 0 spiro atoms. The minimum absolute atomic E-state index is 0.0534. The molecule has 0 aromatic heterocycles. The molecule has 4 rings (SSSR count). The Morgan fingerprint density at radius 1 is 1.30 bits per heavy atom. The number of carbonyl (C=O) groups is 2. The zero-order chi connectivity index (χ0) is 19.8. The molecule has 0 bridgehead atoms. The summed E-state index contributed by atoms with van der Waals surface area (Å²) in [7, 11) is 0. The molecule has 3 N–H and O–H groups in total. The predicted octanol–water partition coefficient (Wildman–Crippen LogP) is 2.03. The van der Waals surface area contributed by atoms with Gasteiger partial charge in [-0.25, -0.2) is 0 Å². The lowest BCUT2D eigenvalue weighted by molar-refractivity contribution is -0.184. The molecule has 0 aromatic rings. The molecule has 0 aliphatic heterocycles.